The lowest BCUT2D eigenvalue weighted by atomic mass is 10.1. The van der Waals surface area contributed by atoms with Crippen LogP contribution in [0.15, 0.2) is 29.3 Å². The third-order valence-corrected chi connectivity index (χ3v) is 5.19. The van der Waals surface area contributed by atoms with E-state index in [0.29, 0.717) is 0 Å². The molecule has 152 valence electrons. The summed E-state index contributed by atoms with van der Waals surface area (Å²) in [6, 6.07) is 8.28. The van der Waals surface area contributed by atoms with Crippen molar-refractivity contribution in [2.45, 2.75) is 25.4 Å². The number of likely N-dealkylation sites (N-methyl/N-ethyl adjacent to an activating group) is 1. The van der Waals surface area contributed by atoms with E-state index in [0.717, 1.165) is 44.2 Å². The van der Waals surface area contributed by atoms with E-state index in [4.69, 9.17) is 4.74 Å². The van der Waals surface area contributed by atoms with Crippen molar-refractivity contribution in [3.8, 4) is 5.75 Å². The summed E-state index contributed by atoms with van der Waals surface area (Å²) >= 11 is 0. The van der Waals surface area contributed by atoms with E-state index in [2.05, 4.69) is 44.6 Å². The Morgan fingerprint density at radius 3 is 2.85 bits per heavy atom. The molecule has 1 fully saturated rings. The average Bonchev–Trinajstić information content (AvgIpc) is 2.96. The van der Waals surface area contributed by atoms with Crippen molar-refractivity contribution in [1.82, 2.24) is 20.4 Å². The Morgan fingerprint density at radius 1 is 1.19 bits per heavy atom. The largest absolute Gasteiger partial charge is 0.488 e. The SMILES string of the molecule is CN=C(NCCCN1CCCN(C)CC1)NCC1Cc2ccccc2O1.I. The first-order valence-electron chi connectivity index (χ1n) is 9.84. The molecule has 0 saturated carbocycles. The molecule has 2 aliphatic rings. The second-order valence-corrected chi connectivity index (χ2v) is 7.28. The number of rotatable bonds is 6. The summed E-state index contributed by atoms with van der Waals surface area (Å²) in [6.07, 6.45) is 3.55. The Balaban J connectivity index is 0.00000261. The van der Waals surface area contributed by atoms with Crippen molar-refractivity contribution < 1.29 is 4.74 Å². The first-order chi connectivity index (χ1) is 12.7. The minimum Gasteiger partial charge on any atom is -0.488 e. The summed E-state index contributed by atoms with van der Waals surface area (Å²) in [5, 5.41) is 6.82. The van der Waals surface area contributed by atoms with E-state index in [1.54, 1.807) is 0 Å². The van der Waals surface area contributed by atoms with Crippen molar-refractivity contribution in [3.05, 3.63) is 29.8 Å². The zero-order valence-electron chi connectivity index (χ0n) is 16.6. The number of hydrogen-bond acceptors (Lipinski definition) is 4. The number of hydrogen-bond donors (Lipinski definition) is 2. The van der Waals surface area contributed by atoms with Crippen LogP contribution >= 0.6 is 24.0 Å². The van der Waals surface area contributed by atoms with Crippen molar-refractivity contribution in [2.75, 3.05) is 59.9 Å². The van der Waals surface area contributed by atoms with E-state index in [1.807, 2.05) is 19.2 Å². The van der Waals surface area contributed by atoms with Gasteiger partial charge in [0, 0.05) is 33.1 Å². The fourth-order valence-corrected chi connectivity index (χ4v) is 3.63. The monoisotopic (exact) mass is 487 g/mol. The van der Waals surface area contributed by atoms with Gasteiger partial charge in [-0.05, 0) is 51.2 Å². The van der Waals surface area contributed by atoms with Gasteiger partial charge in [0.05, 0.1) is 6.54 Å². The zero-order chi connectivity index (χ0) is 18.2. The van der Waals surface area contributed by atoms with Gasteiger partial charge in [0.1, 0.15) is 11.9 Å². The van der Waals surface area contributed by atoms with E-state index in [-0.39, 0.29) is 30.1 Å². The van der Waals surface area contributed by atoms with Gasteiger partial charge in [-0.3, -0.25) is 4.99 Å². The van der Waals surface area contributed by atoms with Crippen LogP contribution in [0.25, 0.3) is 0 Å². The van der Waals surface area contributed by atoms with E-state index >= 15 is 0 Å². The molecule has 1 unspecified atom stereocenters. The summed E-state index contributed by atoms with van der Waals surface area (Å²) in [5.41, 5.74) is 1.30. The highest BCUT2D eigenvalue weighted by Crippen LogP contribution is 2.27. The highest BCUT2D eigenvalue weighted by molar-refractivity contribution is 14.0. The zero-order valence-corrected chi connectivity index (χ0v) is 18.9. The molecule has 0 amide bonds. The molecular formula is C20H34IN5O. The Hall–Kier alpha value is -1.06. The molecule has 1 aromatic rings. The Bertz CT molecular complexity index is 572. The standard InChI is InChI=1S/C20H33N5O.HI/c1-21-20(22-9-5-11-25-12-6-10-24(2)13-14-25)23-16-18-15-17-7-3-4-8-19(17)26-18;/h3-4,7-8,18H,5-6,9-16H2,1-2H3,(H2,21,22,23);1H. The maximum absolute atomic E-state index is 5.97. The summed E-state index contributed by atoms with van der Waals surface area (Å²) in [5.74, 6) is 1.88. The van der Waals surface area contributed by atoms with Gasteiger partial charge >= 0.3 is 0 Å². The number of aliphatic imine (C=N–C) groups is 1. The predicted molar refractivity (Wildman–Crippen MR) is 123 cm³/mol. The van der Waals surface area contributed by atoms with Crippen LogP contribution in [0.2, 0.25) is 0 Å². The van der Waals surface area contributed by atoms with Gasteiger partial charge in [0.2, 0.25) is 0 Å². The fraction of sp³-hybridized carbons (Fsp3) is 0.650. The highest BCUT2D eigenvalue weighted by Gasteiger charge is 2.22. The molecule has 1 saturated heterocycles. The van der Waals surface area contributed by atoms with Crippen molar-refractivity contribution >= 4 is 29.9 Å². The van der Waals surface area contributed by atoms with Crippen LogP contribution in [0.3, 0.4) is 0 Å². The molecule has 3 rings (SSSR count). The maximum Gasteiger partial charge on any atom is 0.191 e. The first kappa shape index (κ1) is 22.2. The van der Waals surface area contributed by atoms with Crippen LogP contribution in [0.5, 0.6) is 5.75 Å². The lowest BCUT2D eigenvalue weighted by molar-refractivity contribution is 0.235. The molecule has 2 heterocycles. The van der Waals surface area contributed by atoms with Gasteiger partial charge in [-0.15, -0.1) is 24.0 Å². The average molecular weight is 487 g/mol. The maximum atomic E-state index is 5.97. The van der Waals surface area contributed by atoms with Gasteiger partial charge in [0.15, 0.2) is 5.96 Å². The van der Waals surface area contributed by atoms with Crippen molar-refractivity contribution in [1.29, 1.82) is 0 Å². The topological polar surface area (TPSA) is 52.1 Å². The minimum atomic E-state index is 0. The smallest absolute Gasteiger partial charge is 0.191 e. The van der Waals surface area contributed by atoms with Crippen LogP contribution in [0.1, 0.15) is 18.4 Å². The van der Waals surface area contributed by atoms with Crippen molar-refractivity contribution in [2.24, 2.45) is 4.99 Å². The molecule has 2 N–H and O–H groups in total. The van der Waals surface area contributed by atoms with Gasteiger partial charge in [0.25, 0.3) is 0 Å². The molecule has 0 bridgehead atoms. The van der Waals surface area contributed by atoms with Crippen LogP contribution < -0.4 is 15.4 Å². The summed E-state index contributed by atoms with van der Waals surface area (Å²) in [7, 11) is 4.04. The Morgan fingerprint density at radius 2 is 2.04 bits per heavy atom. The predicted octanol–water partition coefficient (Wildman–Crippen LogP) is 1.80. The minimum absolute atomic E-state index is 0. The molecule has 1 atom stereocenters. The normalized spacial score (nSPS) is 21.0. The summed E-state index contributed by atoms with van der Waals surface area (Å²) < 4.78 is 5.97. The Kier molecular flexibility index (Phi) is 9.64. The lowest BCUT2D eigenvalue weighted by Gasteiger charge is -2.20. The van der Waals surface area contributed by atoms with E-state index < -0.39 is 0 Å². The molecule has 6 nitrogen and oxygen atoms in total. The number of fused-ring (bicyclic) bond motifs is 1. The van der Waals surface area contributed by atoms with Gasteiger partial charge in [-0.1, -0.05) is 18.2 Å². The molecule has 2 aliphatic heterocycles. The number of ether oxygens (including phenoxy) is 1. The first-order valence-corrected chi connectivity index (χ1v) is 9.84. The third-order valence-electron chi connectivity index (χ3n) is 5.19. The molecule has 7 heteroatoms. The van der Waals surface area contributed by atoms with Gasteiger partial charge in [-0.2, -0.15) is 0 Å². The van der Waals surface area contributed by atoms with E-state index in [9.17, 15) is 0 Å². The van der Waals surface area contributed by atoms with Crippen LogP contribution in [0.4, 0.5) is 0 Å². The molecule has 27 heavy (non-hydrogen) atoms. The number of para-hydroxylation sites is 1. The number of nitrogens with one attached hydrogen (secondary N) is 2. The number of halogens is 1. The van der Waals surface area contributed by atoms with Gasteiger partial charge < -0.3 is 25.2 Å². The molecule has 0 spiro atoms. The van der Waals surface area contributed by atoms with E-state index in [1.165, 1.54) is 38.2 Å². The third kappa shape index (κ3) is 7.12. The number of nitrogens with zero attached hydrogens (tertiary/aromatic N) is 3. The fourth-order valence-electron chi connectivity index (χ4n) is 3.63. The van der Waals surface area contributed by atoms with Crippen molar-refractivity contribution in [3.63, 3.8) is 0 Å². The highest BCUT2D eigenvalue weighted by atomic mass is 127. The molecular weight excluding hydrogens is 453 g/mol. The van der Waals surface area contributed by atoms with Crippen LogP contribution in [0, 0.1) is 0 Å². The lowest BCUT2D eigenvalue weighted by Crippen LogP contribution is -2.43. The summed E-state index contributed by atoms with van der Waals surface area (Å²) in [4.78, 5) is 9.32. The second-order valence-electron chi connectivity index (χ2n) is 7.28. The van der Waals surface area contributed by atoms with Crippen LogP contribution in [-0.4, -0.2) is 81.8 Å². The molecule has 0 aliphatic carbocycles. The van der Waals surface area contributed by atoms with Gasteiger partial charge in [-0.25, -0.2) is 0 Å². The molecule has 1 aromatic carbocycles. The Labute approximate surface area is 180 Å². The second kappa shape index (κ2) is 11.7. The number of guanidine groups is 1. The quantitative estimate of drug-likeness (QED) is 0.278. The summed E-state index contributed by atoms with van der Waals surface area (Å²) in [6.45, 7) is 7.67. The number of benzene rings is 1. The molecule has 0 radical (unpaired) electrons. The van der Waals surface area contributed by atoms with Crippen LogP contribution in [-0.2, 0) is 6.42 Å². The molecule has 0 aromatic heterocycles.